The minimum absolute atomic E-state index is 0.0243. The van der Waals surface area contributed by atoms with E-state index in [4.69, 9.17) is 12.2 Å². The molecule has 4 rings (SSSR count). The molecule has 0 aromatic heterocycles. The molecule has 0 spiro atoms. The average molecular weight is 440 g/mol. The van der Waals surface area contributed by atoms with Crippen LogP contribution in [0, 0.1) is 11.8 Å². The summed E-state index contributed by atoms with van der Waals surface area (Å²) in [5, 5.41) is 7.01. The molecule has 0 bridgehead atoms. The van der Waals surface area contributed by atoms with Gasteiger partial charge >= 0.3 is 0 Å². The van der Waals surface area contributed by atoms with E-state index in [0.717, 1.165) is 38.5 Å². The SMILES string of the molecule is O=C(NCCc1ccccc1)C1CCC2C(=O)N(CCC3=CCCCC3)C(=S)NC2C1. The van der Waals surface area contributed by atoms with Crippen molar-refractivity contribution in [3.05, 3.63) is 47.5 Å². The van der Waals surface area contributed by atoms with Gasteiger partial charge in [-0.05, 0) is 75.6 Å². The number of thiocarbonyl (C=S) groups is 1. The van der Waals surface area contributed by atoms with Crippen LogP contribution in [0.5, 0.6) is 0 Å². The maximum Gasteiger partial charge on any atom is 0.233 e. The van der Waals surface area contributed by atoms with Crippen LogP contribution in [-0.4, -0.2) is 41.0 Å². The van der Waals surface area contributed by atoms with Crippen LogP contribution >= 0.6 is 12.2 Å². The first-order valence-corrected chi connectivity index (χ1v) is 12.1. The van der Waals surface area contributed by atoms with Crippen molar-refractivity contribution in [1.29, 1.82) is 0 Å². The molecule has 3 unspecified atom stereocenters. The molecule has 2 amide bonds. The van der Waals surface area contributed by atoms with Crippen LogP contribution < -0.4 is 10.6 Å². The Morgan fingerprint density at radius 1 is 1.16 bits per heavy atom. The van der Waals surface area contributed by atoms with E-state index in [-0.39, 0.29) is 29.7 Å². The first-order valence-electron chi connectivity index (χ1n) is 11.7. The molecule has 3 aliphatic rings. The van der Waals surface area contributed by atoms with E-state index in [1.54, 1.807) is 4.90 Å². The zero-order valence-electron chi connectivity index (χ0n) is 18.1. The molecule has 1 saturated carbocycles. The van der Waals surface area contributed by atoms with Crippen LogP contribution in [0.3, 0.4) is 0 Å². The lowest BCUT2D eigenvalue weighted by Gasteiger charge is -2.43. The van der Waals surface area contributed by atoms with Gasteiger partial charge in [-0.3, -0.25) is 14.5 Å². The zero-order valence-corrected chi connectivity index (χ0v) is 19.0. The highest BCUT2D eigenvalue weighted by atomic mass is 32.1. The molecule has 1 heterocycles. The number of hydrogen-bond donors (Lipinski definition) is 2. The topological polar surface area (TPSA) is 61.4 Å². The molecule has 0 radical (unpaired) electrons. The summed E-state index contributed by atoms with van der Waals surface area (Å²) < 4.78 is 0. The van der Waals surface area contributed by atoms with Crippen molar-refractivity contribution in [3.8, 4) is 0 Å². The number of fused-ring (bicyclic) bond motifs is 1. The molecule has 1 aromatic rings. The molecule has 1 aromatic carbocycles. The van der Waals surface area contributed by atoms with Gasteiger partial charge in [0, 0.05) is 25.0 Å². The average Bonchev–Trinajstić information content (AvgIpc) is 2.80. The van der Waals surface area contributed by atoms with E-state index in [1.165, 1.54) is 24.0 Å². The molecule has 1 saturated heterocycles. The predicted molar refractivity (Wildman–Crippen MR) is 126 cm³/mol. The minimum atomic E-state index is -0.0691. The predicted octanol–water partition coefficient (Wildman–Crippen LogP) is 3.74. The fourth-order valence-corrected chi connectivity index (χ4v) is 5.45. The van der Waals surface area contributed by atoms with Crippen LogP contribution in [0.25, 0.3) is 0 Å². The van der Waals surface area contributed by atoms with Gasteiger partial charge in [-0.2, -0.15) is 0 Å². The summed E-state index contributed by atoms with van der Waals surface area (Å²) in [4.78, 5) is 27.6. The molecule has 6 heteroatoms. The van der Waals surface area contributed by atoms with Gasteiger partial charge in [0.25, 0.3) is 0 Å². The summed E-state index contributed by atoms with van der Waals surface area (Å²) in [6.07, 6.45) is 11.1. The van der Waals surface area contributed by atoms with Crippen LogP contribution in [0.15, 0.2) is 42.0 Å². The third-order valence-electron chi connectivity index (χ3n) is 6.96. The summed E-state index contributed by atoms with van der Waals surface area (Å²) in [5.74, 6) is 0.119. The molecule has 31 heavy (non-hydrogen) atoms. The van der Waals surface area contributed by atoms with Crippen molar-refractivity contribution in [3.63, 3.8) is 0 Å². The van der Waals surface area contributed by atoms with E-state index < -0.39 is 0 Å². The standard InChI is InChI=1S/C25H33N3O2S/c29-23(26-15-13-18-7-3-1-4-8-18)20-11-12-21-22(17-20)27-25(31)28(24(21)30)16-14-19-9-5-2-6-10-19/h1,3-4,7-9,20-22H,2,5-6,10-17H2,(H,26,29)(H,27,31). The smallest absolute Gasteiger partial charge is 0.233 e. The monoisotopic (exact) mass is 439 g/mol. The van der Waals surface area contributed by atoms with Gasteiger partial charge in [-0.25, -0.2) is 0 Å². The summed E-state index contributed by atoms with van der Waals surface area (Å²) >= 11 is 5.54. The van der Waals surface area contributed by atoms with Crippen LogP contribution in [0.1, 0.15) is 56.9 Å². The van der Waals surface area contributed by atoms with E-state index in [1.807, 2.05) is 18.2 Å². The number of rotatable bonds is 7. The lowest BCUT2D eigenvalue weighted by atomic mass is 9.76. The van der Waals surface area contributed by atoms with Crippen molar-refractivity contribution in [2.24, 2.45) is 11.8 Å². The number of nitrogens with zero attached hydrogens (tertiary/aromatic N) is 1. The van der Waals surface area contributed by atoms with Gasteiger partial charge in [0.15, 0.2) is 5.11 Å². The Kier molecular flexibility index (Phi) is 7.38. The number of hydrogen-bond acceptors (Lipinski definition) is 3. The molecule has 2 N–H and O–H groups in total. The molecule has 1 aliphatic heterocycles. The number of carbonyl (C=O) groups excluding carboxylic acids is 2. The Hall–Kier alpha value is -2.21. The van der Waals surface area contributed by atoms with Gasteiger partial charge < -0.3 is 10.6 Å². The van der Waals surface area contributed by atoms with Crippen molar-refractivity contribution in [1.82, 2.24) is 15.5 Å². The third-order valence-corrected chi connectivity index (χ3v) is 7.29. The second kappa shape index (κ2) is 10.4. The fraction of sp³-hybridized carbons (Fsp3) is 0.560. The normalized spacial score (nSPS) is 26.0. The number of allylic oxidation sites excluding steroid dienone is 1. The van der Waals surface area contributed by atoms with Crippen molar-refractivity contribution in [2.45, 2.75) is 63.8 Å². The van der Waals surface area contributed by atoms with Crippen molar-refractivity contribution in [2.75, 3.05) is 13.1 Å². The van der Waals surface area contributed by atoms with Crippen LogP contribution in [0.4, 0.5) is 0 Å². The maximum atomic E-state index is 13.1. The van der Waals surface area contributed by atoms with Gasteiger partial charge in [-0.1, -0.05) is 42.0 Å². The summed E-state index contributed by atoms with van der Waals surface area (Å²) in [5.41, 5.74) is 2.68. The maximum absolute atomic E-state index is 13.1. The highest BCUT2D eigenvalue weighted by molar-refractivity contribution is 7.80. The highest BCUT2D eigenvalue weighted by Crippen LogP contribution is 2.33. The van der Waals surface area contributed by atoms with Crippen LogP contribution in [-0.2, 0) is 16.0 Å². The second-order valence-corrected chi connectivity index (χ2v) is 9.43. The van der Waals surface area contributed by atoms with Gasteiger partial charge in [-0.15, -0.1) is 0 Å². The Morgan fingerprint density at radius 3 is 2.77 bits per heavy atom. The number of nitrogens with one attached hydrogen (secondary N) is 2. The Morgan fingerprint density at radius 2 is 2.00 bits per heavy atom. The quantitative estimate of drug-likeness (QED) is 0.502. The number of benzene rings is 1. The summed E-state index contributed by atoms with van der Waals surface area (Å²) in [6.45, 7) is 1.31. The van der Waals surface area contributed by atoms with Crippen LogP contribution in [0.2, 0.25) is 0 Å². The minimum Gasteiger partial charge on any atom is -0.359 e. The van der Waals surface area contributed by atoms with E-state index in [2.05, 4.69) is 28.8 Å². The first kappa shape index (κ1) is 22.0. The highest BCUT2D eigenvalue weighted by Gasteiger charge is 2.43. The van der Waals surface area contributed by atoms with Gasteiger partial charge in [0.1, 0.15) is 0 Å². The molecule has 3 atom stereocenters. The number of carbonyl (C=O) groups is 2. The van der Waals surface area contributed by atoms with Crippen molar-refractivity contribution < 1.29 is 9.59 Å². The molecule has 5 nitrogen and oxygen atoms in total. The largest absolute Gasteiger partial charge is 0.359 e. The van der Waals surface area contributed by atoms with E-state index >= 15 is 0 Å². The number of amides is 2. The van der Waals surface area contributed by atoms with Gasteiger partial charge in [0.05, 0.1) is 5.92 Å². The van der Waals surface area contributed by atoms with Gasteiger partial charge in [0.2, 0.25) is 11.8 Å². The Labute approximate surface area is 190 Å². The zero-order chi connectivity index (χ0) is 21.6. The molecular weight excluding hydrogens is 406 g/mol. The fourth-order valence-electron chi connectivity index (χ4n) is 5.12. The van der Waals surface area contributed by atoms with E-state index in [9.17, 15) is 9.59 Å². The second-order valence-electron chi connectivity index (χ2n) is 9.05. The van der Waals surface area contributed by atoms with E-state index in [0.29, 0.717) is 24.6 Å². The lowest BCUT2D eigenvalue weighted by molar-refractivity contribution is -0.137. The Bertz CT molecular complexity index is 838. The summed E-state index contributed by atoms with van der Waals surface area (Å²) in [7, 11) is 0. The molecule has 166 valence electrons. The molecule has 2 fully saturated rings. The third kappa shape index (κ3) is 5.53. The van der Waals surface area contributed by atoms with Crippen molar-refractivity contribution >= 4 is 29.1 Å². The Balaban J connectivity index is 1.26. The molecular formula is C25H33N3O2S. The lowest BCUT2D eigenvalue weighted by Crippen LogP contribution is -2.62. The first-order chi connectivity index (χ1) is 15.1. The summed E-state index contributed by atoms with van der Waals surface area (Å²) in [6, 6.07) is 10.2. The molecule has 2 aliphatic carbocycles.